The van der Waals surface area contributed by atoms with Crippen molar-refractivity contribution in [3.63, 3.8) is 0 Å². The molecule has 0 saturated carbocycles. The molecule has 2 aliphatic rings. The van der Waals surface area contributed by atoms with Crippen LogP contribution in [-0.4, -0.2) is 27.9 Å². The predicted molar refractivity (Wildman–Crippen MR) is 88.7 cm³/mol. The first kappa shape index (κ1) is 15.3. The molecule has 0 N–H and O–H groups in total. The first-order valence-electron chi connectivity index (χ1n) is 8.34. The monoisotopic (exact) mass is 326 g/mol. The van der Waals surface area contributed by atoms with E-state index in [0.29, 0.717) is 0 Å². The van der Waals surface area contributed by atoms with Gasteiger partial charge in [-0.1, -0.05) is 42.5 Å². The molecule has 24 heavy (non-hydrogen) atoms. The molecule has 2 bridgehead atoms. The number of benzene rings is 2. The van der Waals surface area contributed by atoms with Crippen LogP contribution in [0.25, 0.3) is 0 Å². The standard InChI is InChI=1S/C19H19FN2O2/c20-15-8-6-14(7-9-15)18-16-10-11-17(19(18)22(23)24)21(16)12-13-4-2-1-3-5-13/h1-9,16-19H,10-12H2. The van der Waals surface area contributed by atoms with Crippen molar-refractivity contribution in [2.75, 3.05) is 0 Å². The molecule has 2 aromatic rings. The van der Waals surface area contributed by atoms with E-state index in [1.807, 2.05) is 18.2 Å². The van der Waals surface area contributed by atoms with Crippen LogP contribution in [0.2, 0.25) is 0 Å². The predicted octanol–water partition coefficient (Wildman–Crippen LogP) is 3.60. The Labute approximate surface area is 140 Å². The van der Waals surface area contributed by atoms with Crippen LogP contribution in [0.5, 0.6) is 0 Å². The maximum atomic E-state index is 13.2. The Morgan fingerprint density at radius 2 is 1.71 bits per heavy atom. The molecule has 2 fully saturated rings. The highest BCUT2D eigenvalue weighted by molar-refractivity contribution is 5.29. The number of rotatable bonds is 4. The van der Waals surface area contributed by atoms with Crippen molar-refractivity contribution in [1.82, 2.24) is 4.90 Å². The highest BCUT2D eigenvalue weighted by Crippen LogP contribution is 2.48. The Morgan fingerprint density at radius 3 is 2.38 bits per heavy atom. The zero-order chi connectivity index (χ0) is 16.7. The van der Waals surface area contributed by atoms with Crippen molar-refractivity contribution >= 4 is 0 Å². The summed E-state index contributed by atoms with van der Waals surface area (Å²) in [6.45, 7) is 0.734. The molecule has 4 unspecified atom stereocenters. The summed E-state index contributed by atoms with van der Waals surface area (Å²) in [6, 6.07) is 15.8. The van der Waals surface area contributed by atoms with Gasteiger partial charge in [0.1, 0.15) is 5.82 Å². The Morgan fingerprint density at radius 1 is 1.04 bits per heavy atom. The normalized spacial score (nSPS) is 29.0. The second-order valence-electron chi connectivity index (χ2n) is 6.72. The lowest BCUT2D eigenvalue weighted by Crippen LogP contribution is -2.38. The molecule has 2 heterocycles. The number of hydrogen-bond donors (Lipinski definition) is 0. The van der Waals surface area contributed by atoms with Crippen molar-refractivity contribution in [2.45, 2.75) is 43.4 Å². The summed E-state index contributed by atoms with van der Waals surface area (Å²) in [4.78, 5) is 13.9. The third-order valence-corrected chi connectivity index (χ3v) is 5.49. The summed E-state index contributed by atoms with van der Waals surface area (Å²) in [5.41, 5.74) is 2.06. The minimum absolute atomic E-state index is 0.0414. The summed E-state index contributed by atoms with van der Waals surface area (Å²) in [6.07, 6.45) is 1.82. The lowest BCUT2D eigenvalue weighted by atomic mass is 9.80. The molecule has 124 valence electrons. The van der Waals surface area contributed by atoms with E-state index in [1.54, 1.807) is 12.1 Å². The van der Waals surface area contributed by atoms with Crippen LogP contribution >= 0.6 is 0 Å². The fourth-order valence-electron chi connectivity index (χ4n) is 4.54. The van der Waals surface area contributed by atoms with Gasteiger partial charge in [-0.05, 0) is 36.1 Å². The highest BCUT2D eigenvalue weighted by atomic mass is 19.1. The van der Waals surface area contributed by atoms with E-state index >= 15 is 0 Å². The average Bonchev–Trinajstić information content (AvgIpc) is 3.11. The van der Waals surface area contributed by atoms with Crippen molar-refractivity contribution in [3.05, 3.63) is 81.7 Å². The minimum atomic E-state index is -0.613. The van der Waals surface area contributed by atoms with Crippen molar-refractivity contribution < 1.29 is 9.31 Å². The van der Waals surface area contributed by atoms with Gasteiger partial charge in [0.05, 0.1) is 12.0 Å². The number of fused-ring (bicyclic) bond motifs is 2. The summed E-state index contributed by atoms with van der Waals surface area (Å²) < 4.78 is 13.2. The van der Waals surface area contributed by atoms with E-state index in [1.165, 1.54) is 17.7 Å². The van der Waals surface area contributed by atoms with Gasteiger partial charge in [-0.2, -0.15) is 0 Å². The van der Waals surface area contributed by atoms with E-state index < -0.39 is 6.04 Å². The van der Waals surface area contributed by atoms with Crippen LogP contribution in [0.4, 0.5) is 4.39 Å². The number of hydrogen-bond acceptors (Lipinski definition) is 3. The number of nitrogens with zero attached hydrogens (tertiary/aromatic N) is 2. The molecule has 2 saturated heterocycles. The van der Waals surface area contributed by atoms with Gasteiger partial charge in [0, 0.05) is 17.5 Å². The lowest BCUT2D eigenvalue weighted by Gasteiger charge is -2.24. The number of nitro groups is 1. The zero-order valence-corrected chi connectivity index (χ0v) is 13.2. The molecule has 0 aromatic heterocycles. The summed E-state index contributed by atoms with van der Waals surface area (Å²) in [7, 11) is 0. The van der Waals surface area contributed by atoms with Crippen LogP contribution in [0.15, 0.2) is 54.6 Å². The molecule has 0 amide bonds. The molecule has 0 aliphatic carbocycles. The molecule has 5 heteroatoms. The van der Waals surface area contributed by atoms with E-state index in [-0.39, 0.29) is 28.7 Å². The van der Waals surface area contributed by atoms with Crippen molar-refractivity contribution in [3.8, 4) is 0 Å². The van der Waals surface area contributed by atoms with Gasteiger partial charge in [-0.15, -0.1) is 0 Å². The van der Waals surface area contributed by atoms with Gasteiger partial charge in [0.2, 0.25) is 6.04 Å². The van der Waals surface area contributed by atoms with Crippen LogP contribution in [0.3, 0.4) is 0 Å². The van der Waals surface area contributed by atoms with Crippen LogP contribution in [0, 0.1) is 15.9 Å². The van der Waals surface area contributed by atoms with Crippen LogP contribution in [0.1, 0.15) is 29.9 Å². The SMILES string of the molecule is O=[N+]([O-])C1C(c2ccc(F)cc2)C2CCC1N2Cc1ccccc1. The minimum Gasteiger partial charge on any atom is -0.286 e. The van der Waals surface area contributed by atoms with E-state index in [2.05, 4.69) is 17.0 Å². The van der Waals surface area contributed by atoms with Crippen LogP contribution in [-0.2, 0) is 6.54 Å². The second kappa shape index (κ2) is 5.98. The average molecular weight is 326 g/mol. The molecule has 4 nitrogen and oxygen atoms in total. The topological polar surface area (TPSA) is 46.4 Å². The van der Waals surface area contributed by atoms with Crippen molar-refractivity contribution in [2.24, 2.45) is 0 Å². The number of halogens is 1. The third kappa shape index (κ3) is 2.49. The van der Waals surface area contributed by atoms with E-state index in [4.69, 9.17) is 0 Å². The highest BCUT2D eigenvalue weighted by Gasteiger charge is 2.59. The van der Waals surface area contributed by atoms with Gasteiger partial charge in [-0.3, -0.25) is 15.0 Å². The smallest absolute Gasteiger partial charge is 0.236 e. The van der Waals surface area contributed by atoms with Crippen LogP contribution < -0.4 is 0 Å². The first-order chi connectivity index (χ1) is 11.6. The fraction of sp³-hybridized carbons (Fsp3) is 0.368. The Kier molecular flexibility index (Phi) is 3.81. The lowest BCUT2D eigenvalue weighted by molar-refractivity contribution is -0.529. The maximum Gasteiger partial charge on any atom is 0.236 e. The molecule has 2 aliphatic heterocycles. The molecule has 4 atom stereocenters. The molecular formula is C19H19FN2O2. The van der Waals surface area contributed by atoms with Gasteiger partial charge in [0.15, 0.2) is 0 Å². The van der Waals surface area contributed by atoms with E-state index in [9.17, 15) is 14.5 Å². The zero-order valence-electron chi connectivity index (χ0n) is 13.2. The Hall–Kier alpha value is -2.27. The van der Waals surface area contributed by atoms with E-state index in [0.717, 1.165) is 24.9 Å². The van der Waals surface area contributed by atoms with Gasteiger partial charge in [0.25, 0.3) is 0 Å². The maximum absolute atomic E-state index is 13.2. The van der Waals surface area contributed by atoms with Gasteiger partial charge >= 0.3 is 0 Å². The summed E-state index contributed by atoms with van der Waals surface area (Å²) in [5.74, 6) is -0.469. The van der Waals surface area contributed by atoms with Crippen molar-refractivity contribution in [1.29, 1.82) is 0 Å². The Balaban J connectivity index is 1.67. The van der Waals surface area contributed by atoms with Gasteiger partial charge < -0.3 is 0 Å². The summed E-state index contributed by atoms with van der Waals surface area (Å²) in [5, 5.41) is 11.7. The second-order valence-corrected chi connectivity index (χ2v) is 6.72. The molecular weight excluding hydrogens is 307 g/mol. The molecule has 2 aromatic carbocycles. The van der Waals surface area contributed by atoms with Gasteiger partial charge in [-0.25, -0.2) is 4.39 Å². The third-order valence-electron chi connectivity index (χ3n) is 5.49. The first-order valence-corrected chi connectivity index (χ1v) is 8.34. The largest absolute Gasteiger partial charge is 0.286 e. The Bertz CT molecular complexity index is 735. The quantitative estimate of drug-likeness (QED) is 0.637. The molecule has 0 radical (unpaired) electrons. The summed E-state index contributed by atoms with van der Waals surface area (Å²) >= 11 is 0. The fourth-order valence-corrected chi connectivity index (χ4v) is 4.54. The molecule has 4 rings (SSSR count). The molecule has 0 spiro atoms.